The van der Waals surface area contributed by atoms with Crippen molar-refractivity contribution < 1.29 is 4.42 Å². The highest BCUT2D eigenvalue weighted by atomic mass is 16.3. The van der Waals surface area contributed by atoms with Crippen LogP contribution in [0.25, 0.3) is 99.5 Å². The zero-order valence-electron chi connectivity index (χ0n) is 26.3. The Morgan fingerprint density at radius 3 is 1.76 bits per heavy atom. The number of fused-ring (bicyclic) bond motifs is 8. The molecule has 0 aliphatic rings. The molecule has 4 nitrogen and oxygen atoms in total. The Morgan fingerprint density at radius 1 is 0.327 bits per heavy atom. The van der Waals surface area contributed by atoms with Crippen molar-refractivity contribution in [3.8, 4) is 45.3 Å². The minimum absolute atomic E-state index is 0.603. The molecule has 4 heteroatoms. The Hall–Kier alpha value is -6.65. The molecular formula is C45H27N3O. The minimum atomic E-state index is 0.603. The van der Waals surface area contributed by atoms with Crippen molar-refractivity contribution >= 4 is 54.3 Å². The van der Waals surface area contributed by atoms with Crippen LogP contribution >= 0.6 is 0 Å². The lowest BCUT2D eigenvalue weighted by Gasteiger charge is -2.14. The SMILES string of the molecule is c1ccc(-c2ccc3c(c2)oc2cccc(-c4nc(-c5ccccc5)nc(-c5cc6ccccc6c6c5ccc5ccccc56)n4)c23)cc1. The third-order valence-electron chi connectivity index (χ3n) is 9.50. The molecule has 8 aromatic carbocycles. The summed E-state index contributed by atoms with van der Waals surface area (Å²) in [6.07, 6.45) is 0. The summed E-state index contributed by atoms with van der Waals surface area (Å²) in [6.45, 7) is 0. The summed E-state index contributed by atoms with van der Waals surface area (Å²) < 4.78 is 6.48. The quantitative estimate of drug-likeness (QED) is 0.183. The second-order valence-electron chi connectivity index (χ2n) is 12.4. The Bertz CT molecular complexity index is 2860. The fraction of sp³-hybridized carbons (Fsp3) is 0. The van der Waals surface area contributed by atoms with Crippen LogP contribution in [-0.2, 0) is 0 Å². The van der Waals surface area contributed by atoms with Crippen molar-refractivity contribution in [2.24, 2.45) is 0 Å². The first-order valence-corrected chi connectivity index (χ1v) is 16.4. The second-order valence-corrected chi connectivity index (χ2v) is 12.4. The van der Waals surface area contributed by atoms with Gasteiger partial charge in [-0.2, -0.15) is 0 Å². The summed E-state index contributed by atoms with van der Waals surface area (Å²) in [5.74, 6) is 1.86. The predicted octanol–water partition coefficient (Wildman–Crippen LogP) is 11.9. The number of furan rings is 1. The summed E-state index contributed by atoms with van der Waals surface area (Å²) in [5, 5.41) is 9.08. The fourth-order valence-corrected chi connectivity index (χ4v) is 7.21. The van der Waals surface area contributed by atoms with Gasteiger partial charge in [-0.3, -0.25) is 0 Å². The molecule has 0 aliphatic carbocycles. The zero-order chi connectivity index (χ0) is 32.3. The molecule has 0 aliphatic heterocycles. The Kier molecular flexibility index (Phi) is 6.15. The van der Waals surface area contributed by atoms with Gasteiger partial charge in [0.05, 0.1) is 0 Å². The van der Waals surface area contributed by atoms with Gasteiger partial charge in [0.25, 0.3) is 0 Å². The summed E-state index contributed by atoms with van der Waals surface area (Å²) >= 11 is 0. The molecule has 0 amide bonds. The van der Waals surface area contributed by atoms with Crippen molar-refractivity contribution in [1.82, 2.24) is 15.0 Å². The van der Waals surface area contributed by atoms with Crippen LogP contribution in [0.5, 0.6) is 0 Å². The van der Waals surface area contributed by atoms with E-state index in [0.717, 1.165) is 60.5 Å². The number of benzene rings is 8. The van der Waals surface area contributed by atoms with E-state index in [1.807, 2.05) is 48.5 Å². The molecule has 0 radical (unpaired) electrons. The van der Waals surface area contributed by atoms with Gasteiger partial charge < -0.3 is 4.42 Å². The average Bonchev–Trinajstić information content (AvgIpc) is 3.56. The predicted molar refractivity (Wildman–Crippen MR) is 201 cm³/mol. The van der Waals surface area contributed by atoms with Crippen molar-refractivity contribution in [3.63, 3.8) is 0 Å². The number of aromatic nitrogens is 3. The third-order valence-corrected chi connectivity index (χ3v) is 9.50. The molecule has 0 spiro atoms. The van der Waals surface area contributed by atoms with Crippen LogP contribution in [0.4, 0.5) is 0 Å². The van der Waals surface area contributed by atoms with E-state index in [2.05, 4.69) is 115 Å². The molecule has 10 aromatic rings. The summed E-state index contributed by atoms with van der Waals surface area (Å²) in [4.78, 5) is 15.6. The largest absolute Gasteiger partial charge is 0.456 e. The highest BCUT2D eigenvalue weighted by Crippen LogP contribution is 2.41. The monoisotopic (exact) mass is 625 g/mol. The minimum Gasteiger partial charge on any atom is -0.456 e. The van der Waals surface area contributed by atoms with Crippen molar-refractivity contribution in [2.75, 3.05) is 0 Å². The molecule has 0 fully saturated rings. The van der Waals surface area contributed by atoms with Gasteiger partial charge in [-0.1, -0.05) is 140 Å². The molecule has 10 rings (SSSR count). The molecule has 0 atom stereocenters. The van der Waals surface area contributed by atoms with Crippen LogP contribution in [0.1, 0.15) is 0 Å². The lowest BCUT2D eigenvalue weighted by Crippen LogP contribution is -2.01. The smallest absolute Gasteiger partial charge is 0.164 e. The summed E-state index contributed by atoms with van der Waals surface area (Å²) in [6, 6.07) is 56.8. The topological polar surface area (TPSA) is 51.8 Å². The lowest BCUT2D eigenvalue weighted by atomic mass is 9.92. The number of rotatable bonds is 4. The zero-order valence-corrected chi connectivity index (χ0v) is 26.3. The lowest BCUT2D eigenvalue weighted by molar-refractivity contribution is 0.669. The highest BCUT2D eigenvalue weighted by Gasteiger charge is 2.20. The Balaban J connectivity index is 1.25. The van der Waals surface area contributed by atoms with Crippen molar-refractivity contribution in [2.45, 2.75) is 0 Å². The maximum Gasteiger partial charge on any atom is 0.164 e. The Morgan fingerprint density at radius 2 is 0.959 bits per heavy atom. The van der Waals surface area contributed by atoms with E-state index in [9.17, 15) is 0 Å². The molecule has 0 bridgehead atoms. The first-order chi connectivity index (χ1) is 24.3. The van der Waals surface area contributed by atoms with Gasteiger partial charge in [0, 0.05) is 27.5 Å². The van der Waals surface area contributed by atoms with E-state index in [4.69, 9.17) is 19.4 Å². The number of hydrogen-bond donors (Lipinski definition) is 0. The second kappa shape index (κ2) is 11.0. The highest BCUT2D eigenvalue weighted by molar-refractivity contribution is 6.23. The van der Waals surface area contributed by atoms with Crippen LogP contribution in [0.3, 0.4) is 0 Å². The van der Waals surface area contributed by atoms with E-state index in [-0.39, 0.29) is 0 Å². The van der Waals surface area contributed by atoms with Crippen molar-refractivity contribution in [3.05, 3.63) is 164 Å². The molecule has 0 saturated heterocycles. The fourth-order valence-electron chi connectivity index (χ4n) is 7.21. The van der Waals surface area contributed by atoms with E-state index >= 15 is 0 Å². The van der Waals surface area contributed by atoms with Crippen molar-refractivity contribution in [1.29, 1.82) is 0 Å². The maximum absolute atomic E-state index is 6.48. The van der Waals surface area contributed by atoms with Crippen LogP contribution < -0.4 is 0 Å². The normalized spacial score (nSPS) is 11.7. The first-order valence-electron chi connectivity index (χ1n) is 16.4. The average molecular weight is 626 g/mol. The van der Waals surface area contributed by atoms with Gasteiger partial charge in [0.2, 0.25) is 0 Å². The molecule has 2 heterocycles. The number of nitrogens with zero attached hydrogens (tertiary/aromatic N) is 3. The Labute approximate surface area is 282 Å². The van der Waals surface area contributed by atoms with Gasteiger partial charge in [-0.15, -0.1) is 0 Å². The van der Waals surface area contributed by atoms with E-state index in [1.54, 1.807) is 0 Å². The van der Waals surface area contributed by atoms with Gasteiger partial charge >= 0.3 is 0 Å². The molecule has 2 aromatic heterocycles. The van der Waals surface area contributed by atoms with E-state index in [1.165, 1.54) is 21.5 Å². The first kappa shape index (κ1) is 27.5. The molecule has 0 unspecified atom stereocenters. The van der Waals surface area contributed by atoms with Gasteiger partial charge in [0.15, 0.2) is 17.5 Å². The standard InChI is InChI=1S/C45H27N3O/c1-3-12-28(13-4-1)31-23-25-36-40(27-31)49-39-21-11-20-37(42(36)39)44-46-43(30-15-5-2-6-16-30)47-45(48-44)38-26-32-17-8-10-19-34(32)41-33-18-9-7-14-29(33)22-24-35(38)41/h1-27H. The molecule has 228 valence electrons. The van der Waals surface area contributed by atoms with Crippen LogP contribution in [0.2, 0.25) is 0 Å². The van der Waals surface area contributed by atoms with Crippen LogP contribution in [0, 0.1) is 0 Å². The van der Waals surface area contributed by atoms with E-state index in [0.29, 0.717) is 17.5 Å². The summed E-state index contributed by atoms with van der Waals surface area (Å²) in [5.41, 5.74) is 6.68. The maximum atomic E-state index is 6.48. The van der Waals surface area contributed by atoms with E-state index < -0.39 is 0 Å². The summed E-state index contributed by atoms with van der Waals surface area (Å²) in [7, 11) is 0. The molecule has 0 saturated carbocycles. The van der Waals surface area contributed by atoms with Gasteiger partial charge in [0.1, 0.15) is 11.2 Å². The molecule has 49 heavy (non-hydrogen) atoms. The van der Waals surface area contributed by atoms with Crippen LogP contribution in [-0.4, -0.2) is 15.0 Å². The van der Waals surface area contributed by atoms with Gasteiger partial charge in [-0.25, -0.2) is 15.0 Å². The molecule has 0 N–H and O–H groups in total. The third kappa shape index (κ3) is 4.49. The van der Waals surface area contributed by atoms with Crippen LogP contribution in [0.15, 0.2) is 168 Å². The number of hydrogen-bond acceptors (Lipinski definition) is 4. The van der Waals surface area contributed by atoms with Gasteiger partial charge in [-0.05, 0) is 67.7 Å². The molecular weight excluding hydrogens is 599 g/mol.